The van der Waals surface area contributed by atoms with E-state index in [0.29, 0.717) is 6.54 Å². The van der Waals surface area contributed by atoms with Gasteiger partial charge in [-0.25, -0.2) is 12.7 Å². The topological polar surface area (TPSA) is 69.7 Å². The summed E-state index contributed by atoms with van der Waals surface area (Å²) in [6.45, 7) is 7.29. The predicted octanol–water partition coefficient (Wildman–Crippen LogP) is 2.77. The number of benzene rings is 1. The fourth-order valence-electron chi connectivity index (χ4n) is 4.11. The number of rotatable bonds is 5. The Labute approximate surface area is 169 Å². The van der Waals surface area contributed by atoms with E-state index in [-0.39, 0.29) is 24.4 Å². The highest BCUT2D eigenvalue weighted by molar-refractivity contribution is 7.88. The molecule has 2 fully saturated rings. The van der Waals surface area contributed by atoms with E-state index in [0.717, 1.165) is 37.4 Å². The highest BCUT2D eigenvalue weighted by Crippen LogP contribution is 2.25. The molecule has 2 aliphatic rings. The van der Waals surface area contributed by atoms with Crippen molar-refractivity contribution in [2.45, 2.75) is 45.6 Å². The van der Waals surface area contributed by atoms with E-state index in [1.165, 1.54) is 29.1 Å². The summed E-state index contributed by atoms with van der Waals surface area (Å²) in [5.41, 5.74) is 2.31. The molecule has 2 aliphatic heterocycles. The van der Waals surface area contributed by atoms with E-state index in [1.807, 2.05) is 6.92 Å². The van der Waals surface area contributed by atoms with Gasteiger partial charge in [-0.1, -0.05) is 19.1 Å². The van der Waals surface area contributed by atoms with Crippen LogP contribution in [0.1, 0.15) is 51.1 Å². The first-order valence-corrected chi connectivity index (χ1v) is 12.2. The number of hydrogen-bond acceptors (Lipinski definition) is 4. The molecule has 0 bridgehead atoms. The zero-order valence-electron chi connectivity index (χ0n) is 17.2. The molecular weight excluding hydrogens is 374 g/mol. The van der Waals surface area contributed by atoms with Crippen LogP contribution in [0.5, 0.6) is 0 Å². The predicted molar refractivity (Wildman–Crippen MR) is 113 cm³/mol. The van der Waals surface area contributed by atoms with Crippen molar-refractivity contribution in [2.24, 2.45) is 11.8 Å². The minimum atomic E-state index is -3.24. The Morgan fingerprint density at radius 2 is 1.75 bits per heavy atom. The van der Waals surface area contributed by atoms with Gasteiger partial charge in [0.1, 0.15) is 0 Å². The monoisotopic (exact) mass is 407 g/mol. The van der Waals surface area contributed by atoms with Crippen LogP contribution in [0, 0.1) is 11.8 Å². The first-order chi connectivity index (χ1) is 13.2. The molecule has 28 heavy (non-hydrogen) atoms. The van der Waals surface area contributed by atoms with Crippen LogP contribution in [-0.4, -0.2) is 51.1 Å². The molecule has 2 heterocycles. The lowest BCUT2D eigenvalue weighted by Gasteiger charge is -2.32. The molecule has 1 amide bonds. The average molecular weight is 408 g/mol. The number of hydrogen-bond donors (Lipinski definition) is 1. The quantitative estimate of drug-likeness (QED) is 0.815. The summed E-state index contributed by atoms with van der Waals surface area (Å²) in [5, 5.41) is 3.07. The number of nitrogens with one attached hydrogen (secondary N) is 1. The van der Waals surface area contributed by atoms with Crippen molar-refractivity contribution in [3.05, 3.63) is 29.8 Å². The largest absolute Gasteiger partial charge is 0.372 e. The van der Waals surface area contributed by atoms with Gasteiger partial charge in [0.2, 0.25) is 15.9 Å². The van der Waals surface area contributed by atoms with Crippen LogP contribution in [0.4, 0.5) is 5.69 Å². The van der Waals surface area contributed by atoms with Gasteiger partial charge in [0.15, 0.2) is 0 Å². The van der Waals surface area contributed by atoms with E-state index in [4.69, 9.17) is 0 Å². The molecule has 1 aromatic carbocycles. The van der Waals surface area contributed by atoms with E-state index in [2.05, 4.69) is 41.4 Å². The van der Waals surface area contributed by atoms with Crippen molar-refractivity contribution in [2.75, 3.05) is 37.3 Å². The summed E-state index contributed by atoms with van der Waals surface area (Å²) in [4.78, 5) is 15.1. The Morgan fingerprint density at radius 3 is 2.36 bits per heavy atom. The molecule has 0 aromatic heterocycles. The molecule has 2 saturated heterocycles. The lowest BCUT2D eigenvalue weighted by molar-refractivity contribution is -0.126. The number of carbonyl (C=O) groups is 1. The second-order valence-corrected chi connectivity index (χ2v) is 10.4. The lowest BCUT2D eigenvalue weighted by atomic mass is 9.97. The number of amides is 1. The maximum absolute atomic E-state index is 12.7. The van der Waals surface area contributed by atoms with Crippen LogP contribution in [-0.2, 0) is 14.8 Å². The van der Waals surface area contributed by atoms with Gasteiger partial charge in [0, 0.05) is 31.9 Å². The molecular formula is C21H33N3O3S. The van der Waals surface area contributed by atoms with Crippen molar-refractivity contribution in [1.29, 1.82) is 0 Å². The number of carbonyl (C=O) groups excluding carboxylic acids is 1. The molecule has 0 aliphatic carbocycles. The summed E-state index contributed by atoms with van der Waals surface area (Å²) in [6.07, 6.45) is 5.14. The molecule has 3 rings (SSSR count). The van der Waals surface area contributed by atoms with E-state index in [1.54, 1.807) is 0 Å². The smallest absolute Gasteiger partial charge is 0.224 e. The second kappa shape index (κ2) is 8.82. The third-order valence-electron chi connectivity index (χ3n) is 6.12. The Kier molecular flexibility index (Phi) is 6.65. The Morgan fingerprint density at radius 1 is 1.11 bits per heavy atom. The van der Waals surface area contributed by atoms with Crippen molar-refractivity contribution in [1.82, 2.24) is 9.62 Å². The third kappa shape index (κ3) is 5.26. The van der Waals surface area contributed by atoms with Gasteiger partial charge >= 0.3 is 0 Å². The number of nitrogens with zero attached hydrogens (tertiary/aromatic N) is 2. The minimum Gasteiger partial charge on any atom is -0.372 e. The van der Waals surface area contributed by atoms with Gasteiger partial charge in [0.05, 0.1) is 18.2 Å². The molecule has 0 saturated carbocycles. The van der Waals surface area contributed by atoms with Crippen LogP contribution in [0.2, 0.25) is 0 Å². The van der Waals surface area contributed by atoms with E-state index < -0.39 is 10.0 Å². The molecule has 1 N–H and O–H groups in total. The molecule has 0 spiro atoms. The maximum atomic E-state index is 12.7. The normalized spacial score (nSPS) is 23.4. The summed E-state index contributed by atoms with van der Waals surface area (Å²) in [7, 11) is -3.24. The van der Waals surface area contributed by atoms with Crippen LogP contribution in [0.3, 0.4) is 0 Å². The fourth-order valence-corrected chi connectivity index (χ4v) is 5.02. The van der Waals surface area contributed by atoms with Crippen molar-refractivity contribution in [3.8, 4) is 0 Å². The molecule has 0 unspecified atom stereocenters. The van der Waals surface area contributed by atoms with Gasteiger partial charge in [0.25, 0.3) is 0 Å². The van der Waals surface area contributed by atoms with Gasteiger partial charge in [-0.3, -0.25) is 4.79 Å². The summed E-state index contributed by atoms with van der Waals surface area (Å²) in [6, 6.07) is 8.35. The summed E-state index contributed by atoms with van der Waals surface area (Å²) in [5.74, 6) is 0.472. The maximum Gasteiger partial charge on any atom is 0.224 e. The summed E-state index contributed by atoms with van der Waals surface area (Å²) < 4.78 is 25.0. The van der Waals surface area contributed by atoms with E-state index in [9.17, 15) is 13.2 Å². The summed E-state index contributed by atoms with van der Waals surface area (Å²) >= 11 is 0. The highest BCUT2D eigenvalue weighted by atomic mass is 32.2. The zero-order valence-corrected chi connectivity index (χ0v) is 18.0. The third-order valence-corrected chi connectivity index (χ3v) is 7.39. The van der Waals surface area contributed by atoms with Gasteiger partial charge in [-0.15, -0.1) is 0 Å². The first-order valence-electron chi connectivity index (χ1n) is 10.3. The van der Waals surface area contributed by atoms with Crippen LogP contribution < -0.4 is 10.2 Å². The standard InChI is InChI=1S/C21H33N3O3S/c1-16-10-13-23(14-11-16)20-8-6-18(7-9-20)17(2)22-21(25)19-5-4-12-24(15-19)28(3,26)27/h6-9,16-17,19H,4-5,10-15H2,1-3H3,(H,22,25)/t17-,19-/m1/s1. The Balaban J connectivity index is 1.56. The SMILES string of the molecule is CC1CCN(c2ccc([C@@H](C)NC(=O)[C@@H]3CCCN(S(C)(=O)=O)C3)cc2)CC1. The minimum absolute atomic E-state index is 0.0602. The van der Waals surface area contributed by atoms with Gasteiger partial charge in [-0.05, 0) is 56.2 Å². The number of anilines is 1. The highest BCUT2D eigenvalue weighted by Gasteiger charge is 2.30. The van der Waals surface area contributed by atoms with Gasteiger partial charge < -0.3 is 10.2 Å². The fraction of sp³-hybridized carbons (Fsp3) is 0.667. The Hall–Kier alpha value is -1.60. The molecule has 7 heteroatoms. The first kappa shape index (κ1) is 21.1. The van der Waals surface area contributed by atoms with E-state index >= 15 is 0 Å². The van der Waals surface area contributed by atoms with Crippen molar-refractivity contribution in [3.63, 3.8) is 0 Å². The number of sulfonamides is 1. The Bertz CT molecular complexity index is 771. The second-order valence-electron chi connectivity index (χ2n) is 8.45. The van der Waals surface area contributed by atoms with Crippen molar-refractivity contribution >= 4 is 21.6 Å². The molecule has 2 atom stereocenters. The lowest BCUT2D eigenvalue weighted by Crippen LogP contribution is -2.45. The van der Waals surface area contributed by atoms with Crippen LogP contribution in [0.25, 0.3) is 0 Å². The zero-order chi connectivity index (χ0) is 20.3. The van der Waals surface area contributed by atoms with Crippen LogP contribution >= 0.6 is 0 Å². The molecule has 1 aromatic rings. The molecule has 6 nitrogen and oxygen atoms in total. The van der Waals surface area contributed by atoms with Gasteiger partial charge in [-0.2, -0.15) is 0 Å². The average Bonchev–Trinajstić information content (AvgIpc) is 2.68. The number of piperidine rings is 2. The van der Waals surface area contributed by atoms with Crippen molar-refractivity contribution < 1.29 is 13.2 Å². The molecule has 156 valence electrons. The molecule has 0 radical (unpaired) electrons. The van der Waals surface area contributed by atoms with Crippen LogP contribution in [0.15, 0.2) is 24.3 Å².